The largest absolute Gasteiger partial charge is 0.395 e. The number of aliphatic hydroxyl groups excluding tert-OH is 1. The van der Waals surface area contributed by atoms with Gasteiger partial charge in [0, 0.05) is 12.1 Å². The summed E-state index contributed by atoms with van der Waals surface area (Å²) in [4.78, 5) is 13.5. The zero-order chi connectivity index (χ0) is 13.1. The molecule has 1 aliphatic rings. The summed E-state index contributed by atoms with van der Waals surface area (Å²) in [5, 5.41) is 9.50. The lowest BCUT2D eigenvalue weighted by Crippen LogP contribution is -2.41. The van der Waals surface area contributed by atoms with E-state index in [0.29, 0.717) is 0 Å². The van der Waals surface area contributed by atoms with Crippen molar-refractivity contribution in [2.75, 3.05) is 13.2 Å². The molecule has 0 aromatic heterocycles. The van der Waals surface area contributed by atoms with Gasteiger partial charge in [0.1, 0.15) is 0 Å². The second-order valence-electron chi connectivity index (χ2n) is 4.87. The number of aliphatic hydroxyl groups is 1. The van der Waals surface area contributed by atoms with Crippen LogP contribution in [0.2, 0.25) is 0 Å². The molecule has 18 heavy (non-hydrogen) atoms. The SMILES string of the molecule is C[C@@H](c1ccccc1)N1CCC(C(N)=O)C1CO. The minimum absolute atomic E-state index is 0.0230. The fourth-order valence-corrected chi connectivity index (χ4v) is 2.85. The van der Waals surface area contributed by atoms with Gasteiger partial charge < -0.3 is 10.8 Å². The van der Waals surface area contributed by atoms with Crippen LogP contribution < -0.4 is 5.73 Å². The second kappa shape index (κ2) is 5.50. The van der Waals surface area contributed by atoms with Crippen molar-refractivity contribution in [3.8, 4) is 0 Å². The van der Waals surface area contributed by atoms with Crippen molar-refractivity contribution in [2.45, 2.75) is 25.4 Å². The number of primary amides is 1. The Morgan fingerprint density at radius 1 is 1.50 bits per heavy atom. The van der Waals surface area contributed by atoms with Gasteiger partial charge in [-0.3, -0.25) is 9.69 Å². The van der Waals surface area contributed by atoms with Crippen molar-refractivity contribution in [3.05, 3.63) is 35.9 Å². The van der Waals surface area contributed by atoms with E-state index < -0.39 is 0 Å². The molecule has 1 amide bonds. The van der Waals surface area contributed by atoms with Crippen molar-refractivity contribution < 1.29 is 9.90 Å². The summed E-state index contributed by atoms with van der Waals surface area (Å²) in [5.74, 6) is -0.544. The van der Waals surface area contributed by atoms with E-state index in [0.717, 1.165) is 13.0 Å². The van der Waals surface area contributed by atoms with Gasteiger partial charge in [-0.05, 0) is 25.5 Å². The number of carbonyl (C=O) groups is 1. The normalized spacial score (nSPS) is 26.1. The lowest BCUT2D eigenvalue weighted by atomic mass is 9.99. The Labute approximate surface area is 107 Å². The summed E-state index contributed by atoms with van der Waals surface area (Å²) in [6.45, 7) is 2.88. The molecule has 2 unspecified atom stereocenters. The zero-order valence-electron chi connectivity index (χ0n) is 10.6. The molecule has 3 N–H and O–H groups in total. The Hall–Kier alpha value is -1.39. The first-order chi connectivity index (χ1) is 8.65. The number of nitrogens with two attached hydrogens (primary N) is 1. The number of hydrogen-bond acceptors (Lipinski definition) is 3. The van der Waals surface area contributed by atoms with E-state index in [1.165, 1.54) is 5.56 Å². The van der Waals surface area contributed by atoms with Gasteiger partial charge in [0.15, 0.2) is 0 Å². The molecule has 2 rings (SSSR count). The average Bonchev–Trinajstić information content (AvgIpc) is 2.82. The fraction of sp³-hybridized carbons (Fsp3) is 0.500. The number of likely N-dealkylation sites (tertiary alicyclic amines) is 1. The summed E-state index contributed by atoms with van der Waals surface area (Å²) < 4.78 is 0. The van der Waals surface area contributed by atoms with Gasteiger partial charge in [-0.25, -0.2) is 0 Å². The minimum Gasteiger partial charge on any atom is -0.395 e. The molecule has 0 aliphatic carbocycles. The molecule has 4 heteroatoms. The Kier molecular flexibility index (Phi) is 3.99. The Morgan fingerprint density at radius 2 is 2.17 bits per heavy atom. The number of amides is 1. The van der Waals surface area contributed by atoms with Crippen molar-refractivity contribution in [3.63, 3.8) is 0 Å². The van der Waals surface area contributed by atoms with Gasteiger partial charge in [0.05, 0.1) is 12.5 Å². The van der Waals surface area contributed by atoms with Crippen LogP contribution in [0.1, 0.15) is 24.9 Å². The maximum absolute atomic E-state index is 11.4. The standard InChI is InChI=1S/C14H20N2O2/c1-10(11-5-3-2-4-6-11)16-8-7-12(14(15)18)13(16)9-17/h2-6,10,12-13,17H,7-9H2,1H3,(H2,15,18)/t10-,12?,13?/m0/s1. The summed E-state index contributed by atoms with van der Waals surface area (Å²) in [6, 6.07) is 10.2. The van der Waals surface area contributed by atoms with Crippen LogP contribution in [0.5, 0.6) is 0 Å². The highest BCUT2D eigenvalue weighted by molar-refractivity contribution is 5.77. The molecule has 1 saturated heterocycles. The molecular formula is C14H20N2O2. The third kappa shape index (κ3) is 2.40. The molecule has 1 aliphatic heterocycles. The maximum atomic E-state index is 11.4. The molecule has 98 valence electrons. The number of nitrogens with zero attached hydrogens (tertiary/aromatic N) is 1. The van der Waals surface area contributed by atoms with Crippen molar-refractivity contribution >= 4 is 5.91 Å². The van der Waals surface area contributed by atoms with E-state index in [-0.39, 0.29) is 30.5 Å². The number of hydrogen-bond donors (Lipinski definition) is 2. The molecule has 0 spiro atoms. The molecule has 1 fully saturated rings. The first kappa shape index (κ1) is 13.1. The average molecular weight is 248 g/mol. The van der Waals surface area contributed by atoms with Gasteiger partial charge in [0.2, 0.25) is 5.91 Å². The summed E-state index contributed by atoms with van der Waals surface area (Å²) in [5.41, 5.74) is 6.58. The lowest BCUT2D eigenvalue weighted by Gasteiger charge is -2.31. The van der Waals surface area contributed by atoms with Crippen LogP contribution in [0.15, 0.2) is 30.3 Å². The molecular weight excluding hydrogens is 228 g/mol. The van der Waals surface area contributed by atoms with Crippen LogP contribution in [0.3, 0.4) is 0 Å². The third-order valence-electron chi connectivity index (χ3n) is 3.92. The van der Waals surface area contributed by atoms with E-state index in [2.05, 4.69) is 24.0 Å². The predicted molar refractivity (Wildman–Crippen MR) is 69.7 cm³/mol. The van der Waals surface area contributed by atoms with Crippen LogP contribution in [-0.2, 0) is 4.79 Å². The van der Waals surface area contributed by atoms with E-state index >= 15 is 0 Å². The molecule has 1 aromatic carbocycles. The van der Waals surface area contributed by atoms with Gasteiger partial charge >= 0.3 is 0 Å². The first-order valence-corrected chi connectivity index (χ1v) is 6.36. The molecule has 0 radical (unpaired) electrons. The topological polar surface area (TPSA) is 66.6 Å². The van der Waals surface area contributed by atoms with Crippen LogP contribution >= 0.6 is 0 Å². The predicted octanol–water partition coefficient (Wildman–Crippen LogP) is 0.916. The van der Waals surface area contributed by atoms with Crippen molar-refractivity contribution in [1.82, 2.24) is 4.90 Å². The van der Waals surface area contributed by atoms with E-state index in [9.17, 15) is 9.90 Å². The van der Waals surface area contributed by atoms with E-state index in [4.69, 9.17) is 5.73 Å². The monoisotopic (exact) mass is 248 g/mol. The number of carbonyl (C=O) groups excluding carboxylic acids is 1. The highest BCUT2D eigenvalue weighted by atomic mass is 16.3. The van der Waals surface area contributed by atoms with E-state index in [1.807, 2.05) is 18.2 Å². The molecule has 1 heterocycles. The van der Waals surface area contributed by atoms with Crippen LogP contribution in [-0.4, -0.2) is 35.1 Å². The lowest BCUT2D eigenvalue weighted by molar-refractivity contribution is -0.123. The molecule has 4 nitrogen and oxygen atoms in total. The van der Waals surface area contributed by atoms with Gasteiger partial charge in [0.25, 0.3) is 0 Å². The fourth-order valence-electron chi connectivity index (χ4n) is 2.85. The Balaban J connectivity index is 2.16. The minimum atomic E-state index is -0.309. The second-order valence-corrected chi connectivity index (χ2v) is 4.87. The summed E-state index contributed by atoms with van der Waals surface area (Å²) >= 11 is 0. The van der Waals surface area contributed by atoms with E-state index in [1.54, 1.807) is 0 Å². The third-order valence-corrected chi connectivity index (χ3v) is 3.92. The summed E-state index contributed by atoms with van der Waals surface area (Å²) in [6.07, 6.45) is 0.734. The van der Waals surface area contributed by atoms with Crippen LogP contribution in [0.25, 0.3) is 0 Å². The highest BCUT2D eigenvalue weighted by Gasteiger charge is 2.39. The van der Waals surface area contributed by atoms with Crippen LogP contribution in [0.4, 0.5) is 0 Å². The molecule has 3 atom stereocenters. The molecule has 0 bridgehead atoms. The number of rotatable bonds is 4. The Bertz CT molecular complexity index is 408. The van der Waals surface area contributed by atoms with Crippen LogP contribution in [0, 0.1) is 5.92 Å². The smallest absolute Gasteiger partial charge is 0.222 e. The molecule has 1 aromatic rings. The zero-order valence-corrected chi connectivity index (χ0v) is 10.6. The van der Waals surface area contributed by atoms with Gasteiger partial charge in [-0.2, -0.15) is 0 Å². The van der Waals surface area contributed by atoms with Gasteiger partial charge in [-0.1, -0.05) is 30.3 Å². The van der Waals surface area contributed by atoms with Gasteiger partial charge in [-0.15, -0.1) is 0 Å². The first-order valence-electron chi connectivity index (χ1n) is 6.36. The Morgan fingerprint density at radius 3 is 2.72 bits per heavy atom. The number of benzene rings is 1. The maximum Gasteiger partial charge on any atom is 0.222 e. The van der Waals surface area contributed by atoms with Crippen molar-refractivity contribution in [1.29, 1.82) is 0 Å². The quantitative estimate of drug-likeness (QED) is 0.832. The highest BCUT2D eigenvalue weighted by Crippen LogP contribution is 2.32. The summed E-state index contributed by atoms with van der Waals surface area (Å²) in [7, 11) is 0. The molecule has 0 saturated carbocycles. The van der Waals surface area contributed by atoms with Crippen molar-refractivity contribution in [2.24, 2.45) is 11.7 Å².